The summed E-state index contributed by atoms with van der Waals surface area (Å²) in [6, 6.07) is 4.97. The largest absolute Gasteiger partial charge is 0.436 e. The Bertz CT molecular complexity index is 1160. The summed E-state index contributed by atoms with van der Waals surface area (Å²) in [7, 11) is 0. The van der Waals surface area contributed by atoms with E-state index >= 15 is 0 Å². The van der Waals surface area contributed by atoms with Crippen LogP contribution < -0.4 is 4.74 Å². The Morgan fingerprint density at radius 3 is 2.63 bits per heavy atom. The molecule has 9 heteroatoms. The third-order valence-electron chi connectivity index (χ3n) is 5.32. The van der Waals surface area contributed by atoms with Crippen LogP contribution in [0.5, 0.6) is 11.6 Å². The highest BCUT2D eigenvalue weighted by atomic mass is 19.2. The van der Waals surface area contributed by atoms with Gasteiger partial charge in [0.15, 0.2) is 11.6 Å². The Morgan fingerprint density at radius 2 is 1.93 bits per heavy atom. The number of halogens is 3. The molecule has 0 N–H and O–H groups in total. The van der Waals surface area contributed by atoms with Gasteiger partial charge >= 0.3 is 0 Å². The highest BCUT2D eigenvalue weighted by molar-refractivity contribution is 5.94. The quantitative estimate of drug-likeness (QED) is 0.625. The Balaban J connectivity index is 1.48. The molecule has 30 heavy (non-hydrogen) atoms. The third kappa shape index (κ3) is 3.10. The summed E-state index contributed by atoms with van der Waals surface area (Å²) < 4.78 is 49.5. The van der Waals surface area contributed by atoms with E-state index in [-0.39, 0.29) is 35.6 Å². The number of benzene rings is 1. The van der Waals surface area contributed by atoms with E-state index in [9.17, 15) is 18.0 Å². The number of carbonyl (C=O) groups excluding carboxylic acids is 1. The summed E-state index contributed by atoms with van der Waals surface area (Å²) in [5, 5.41) is 0. The number of ether oxygens (including phenoxy) is 1. The van der Waals surface area contributed by atoms with E-state index in [2.05, 4.69) is 9.97 Å². The number of carbonyl (C=O) groups is 1. The number of aromatic nitrogens is 3. The smallest absolute Gasteiger partial charge is 0.291 e. The van der Waals surface area contributed by atoms with Crippen LogP contribution in [-0.4, -0.2) is 31.9 Å². The predicted molar refractivity (Wildman–Crippen MR) is 100 cm³/mol. The monoisotopic (exact) mass is 414 g/mol. The highest BCUT2D eigenvalue weighted by Crippen LogP contribution is 2.37. The van der Waals surface area contributed by atoms with Crippen molar-refractivity contribution in [2.75, 3.05) is 6.54 Å². The minimum atomic E-state index is -1.20. The molecular formula is C21H17F3N4O2. The van der Waals surface area contributed by atoms with Crippen molar-refractivity contribution in [3.63, 3.8) is 0 Å². The number of fused-ring (bicyclic) bond motifs is 1. The predicted octanol–water partition coefficient (Wildman–Crippen LogP) is 4.29. The van der Waals surface area contributed by atoms with Crippen molar-refractivity contribution in [2.24, 2.45) is 5.92 Å². The second kappa shape index (κ2) is 6.86. The molecule has 1 aromatic carbocycles. The van der Waals surface area contributed by atoms with Gasteiger partial charge in [-0.2, -0.15) is 4.39 Å². The summed E-state index contributed by atoms with van der Waals surface area (Å²) in [4.78, 5) is 22.3. The number of pyridine rings is 1. The van der Waals surface area contributed by atoms with Gasteiger partial charge in [-0.25, -0.2) is 18.7 Å². The first-order valence-electron chi connectivity index (χ1n) is 9.56. The van der Waals surface area contributed by atoms with E-state index in [1.807, 2.05) is 0 Å². The standard InChI is InChI=1S/C21H17F3N4O2/c1-11-19(28-10-27(9-12-2-3-12)21(29)20(28)26-11)14-5-6-15(18(24)17(14)23)30-16-7-4-13(22)8-25-16/h4-8,12H,2-3,9-10H2,1H3. The van der Waals surface area contributed by atoms with Gasteiger partial charge in [0.05, 0.1) is 24.3 Å². The Kier molecular flexibility index (Phi) is 4.27. The summed E-state index contributed by atoms with van der Waals surface area (Å²) in [6.07, 6.45) is 3.12. The van der Waals surface area contributed by atoms with Crippen LogP contribution in [0.2, 0.25) is 0 Å². The fourth-order valence-corrected chi connectivity index (χ4v) is 3.67. The number of hydrogen-bond donors (Lipinski definition) is 0. The first-order chi connectivity index (χ1) is 14.4. The summed E-state index contributed by atoms with van der Waals surface area (Å²) in [5.41, 5.74) is 0.792. The molecule has 5 rings (SSSR count). The molecule has 0 bridgehead atoms. The molecule has 0 spiro atoms. The van der Waals surface area contributed by atoms with Gasteiger partial charge in [0.25, 0.3) is 5.91 Å². The number of hydrogen-bond acceptors (Lipinski definition) is 4. The molecule has 6 nitrogen and oxygen atoms in total. The van der Waals surface area contributed by atoms with Gasteiger partial charge in [-0.15, -0.1) is 0 Å². The molecule has 1 aliphatic carbocycles. The van der Waals surface area contributed by atoms with E-state index < -0.39 is 17.5 Å². The van der Waals surface area contributed by atoms with Crippen molar-refractivity contribution in [3.8, 4) is 22.9 Å². The molecule has 154 valence electrons. The first-order valence-corrected chi connectivity index (χ1v) is 9.56. The second-order valence-corrected chi connectivity index (χ2v) is 7.57. The topological polar surface area (TPSA) is 60.2 Å². The Labute approximate surface area is 169 Å². The number of rotatable bonds is 5. The zero-order valence-electron chi connectivity index (χ0n) is 16.0. The van der Waals surface area contributed by atoms with Crippen LogP contribution in [0.15, 0.2) is 30.5 Å². The van der Waals surface area contributed by atoms with Crippen molar-refractivity contribution < 1.29 is 22.7 Å². The van der Waals surface area contributed by atoms with Crippen LogP contribution in [0.4, 0.5) is 13.2 Å². The average molecular weight is 414 g/mol. The van der Waals surface area contributed by atoms with Crippen LogP contribution >= 0.6 is 0 Å². The van der Waals surface area contributed by atoms with Crippen molar-refractivity contribution in [3.05, 3.63) is 59.4 Å². The molecule has 1 fully saturated rings. The molecule has 2 aliphatic rings. The Morgan fingerprint density at radius 1 is 1.13 bits per heavy atom. The van der Waals surface area contributed by atoms with Gasteiger partial charge in [-0.05, 0) is 43.9 Å². The zero-order chi connectivity index (χ0) is 21.0. The maximum absolute atomic E-state index is 15.0. The minimum absolute atomic E-state index is 0.00997. The molecule has 1 aliphatic heterocycles. The fourth-order valence-electron chi connectivity index (χ4n) is 3.67. The lowest BCUT2D eigenvalue weighted by Crippen LogP contribution is -2.27. The summed E-state index contributed by atoms with van der Waals surface area (Å²) >= 11 is 0. The Hall–Kier alpha value is -3.36. The lowest BCUT2D eigenvalue weighted by molar-refractivity contribution is 0.0758. The van der Waals surface area contributed by atoms with E-state index in [4.69, 9.17) is 4.74 Å². The molecule has 3 aromatic rings. The maximum atomic E-state index is 15.0. The molecule has 3 heterocycles. The minimum Gasteiger partial charge on any atom is -0.436 e. The van der Waals surface area contributed by atoms with Crippen molar-refractivity contribution in [1.29, 1.82) is 0 Å². The number of amides is 1. The van der Waals surface area contributed by atoms with Crippen LogP contribution in [0.3, 0.4) is 0 Å². The van der Waals surface area contributed by atoms with Crippen molar-refractivity contribution >= 4 is 5.91 Å². The molecular weight excluding hydrogens is 397 g/mol. The molecule has 0 saturated heterocycles. The van der Waals surface area contributed by atoms with Gasteiger partial charge < -0.3 is 14.2 Å². The molecule has 0 unspecified atom stereocenters. The molecule has 0 atom stereocenters. The van der Waals surface area contributed by atoms with Gasteiger partial charge in [0.2, 0.25) is 17.5 Å². The van der Waals surface area contributed by atoms with Crippen LogP contribution in [-0.2, 0) is 6.67 Å². The maximum Gasteiger partial charge on any atom is 0.291 e. The van der Waals surface area contributed by atoms with E-state index in [0.717, 1.165) is 25.1 Å². The van der Waals surface area contributed by atoms with Crippen molar-refractivity contribution in [2.45, 2.75) is 26.4 Å². The molecule has 1 saturated carbocycles. The van der Waals surface area contributed by atoms with Crippen LogP contribution in [0.25, 0.3) is 11.3 Å². The summed E-state index contributed by atoms with van der Waals surface area (Å²) in [5.74, 6) is -2.78. The average Bonchev–Trinajstić information content (AvgIpc) is 3.42. The molecule has 0 radical (unpaired) electrons. The number of imidazole rings is 1. The lowest BCUT2D eigenvalue weighted by atomic mass is 10.1. The zero-order valence-corrected chi connectivity index (χ0v) is 16.0. The third-order valence-corrected chi connectivity index (χ3v) is 5.32. The SMILES string of the molecule is Cc1nc2n(c1-c1ccc(Oc3ccc(F)cn3)c(F)c1F)CN(CC1CC1)C2=O. The highest BCUT2D eigenvalue weighted by Gasteiger charge is 2.36. The van der Waals surface area contributed by atoms with Crippen molar-refractivity contribution in [1.82, 2.24) is 19.4 Å². The van der Waals surface area contributed by atoms with Crippen LogP contribution in [0.1, 0.15) is 29.2 Å². The van der Waals surface area contributed by atoms with E-state index in [1.54, 1.807) is 16.4 Å². The second-order valence-electron chi connectivity index (χ2n) is 7.57. The van der Waals surface area contributed by atoms with Gasteiger partial charge in [0, 0.05) is 18.2 Å². The van der Waals surface area contributed by atoms with Gasteiger partial charge in [-0.1, -0.05) is 0 Å². The number of nitrogens with zero attached hydrogens (tertiary/aromatic N) is 4. The molecule has 2 aromatic heterocycles. The normalized spacial score (nSPS) is 15.6. The molecule has 1 amide bonds. The number of aryl methyl sites for hydroxylation is 1. The van der Waals surface area contributed by atoms with E-state index in [1.165, 1.54) is 18.2 Å². The fraction of sp³-hybridized carbons (Fsp3) is 0.286. The van der Waals surface area contributed by atoms with Crippen LogP contribution in [0, 0.1) is 30.3 Å². The lowest BCUT2D eigenvalue weighted by Gasteiger charge is -2.16. The van der Waals surface area contributed by atoms with E-state index in [0.29, 0.717) is 23.9 Å². The van der Waals surface area contributed by atoms with Gasteiger partial charge in [0.1, 0.15) is 5.82 Å². The first kappa shape index (κ1) is 18.7. The summed E-state index contributed by atoms with van der Waals surface area (Å²) in [6.45, 7) is 2.57. The van der Waals surface area contributed by atoms with Gasteiger partial charge in [-0.3, -0.25) is 4.79 Å².